The van der Waals surface area contributed by atoms with Gasteiger partial charge < -0.3 is 19.4 Å². The van der Waals surface area contributed by atoms with Crippen LogP contribution in [0.15, 0.2) is 22.7 Å². The highest BCUT2D eigenvalue weighted by molar-refractivity contribution is 5.78. The van der Waals surface area contributed by atoms with Gasteiger partial charge in [0.2, 0.25) is 11.8 Å². The van der Waals surface area contributed by atoms with Crippen molar-refractivity contribution in [3.8, 4) is 5.88 Å². The number of carbonyl (C=O) groups excluding carboxylic acids is 1. The van der Waals surface area contributed by atoms with Gasteiger partial charge in [0.05, 0.1) is 12.6 Å². The van der Waals surface area contributed by atoms with Crippen molar-refractivity contribution in [2.45, 2.75) is 76.2 Å². The van der Waals surface area contributed by atoms with E-state index in [4.69, 9.17) is 9.15 Å². The van der Waals surface area contributed by atoms with E-state index in [-0.39, 0.29) is 24.2 Å². The molecule has 0 saturated heterocycles. The summed E-state index contributed by atoms with van der Waals surface area (Å²) in [5, 5.41) is 2.98. The van der Waals surface area contributed by atoms with Gasteiger partial charge in [0, 0.05) is 50.8 Å². The fraction of sp³-hybridized carbons (Fsp3) is 0.640. The normalized spacial score (nSPS) is 23.1. The molecule has 0 aromatic carbocycles. The third-order valence-electron chi connectivity index (χ3n) is 6.92. The number of pyridine rings is 1. The number of amides is 1. The van der Waals surface area contributed by atoms with E-state index in [0.29, 0.717) is 69.7 Å². The predicted molar refractivity (Wildman–Crippen MR) is 123 cm³/mol. The summed E-state index contributed by atoms with van der Waals surface area (Å²) < 4.78 is 62.8. The molecule has 0 radical (unpaired) electrons. The molecule has 0 bridgehead atoms. The highest BCUT2D eigenvalue weighted by Crippen LogP contribution is 2.35. The molecule has 7 nitrogen and oxygen atoms in total. The number of aromatic nitrogens is 2. The van der Waals surface area contributed by atoms with Gasteiger partial charge in [-0.15, -0.1) is 0 Å². The Balaban J connectivity index is 1.19. The van der Waals surface area contributed by atoms with Gasteiger partial charge in [-0.25, -0.2) is 14.4 Å². The first kappa shape index (κ1) is 26.4. The quantitative estimate of drug-likeness (QED) is 0.536. The molecule has 1 N–H and O–H groups in total. The molecule has 1 amide bonds. The topological polar surface area (TPSA) is 80.5 Å². The van der Waals surface area contributed by atoms with Gasteiger partial charge in [0.25, 0.3) is 0 Å². The Kier molecular flexibility index (Phi) is 8.17. The molecule has 2 aromatic heterocycles. The standard InChI is InChI=1S/C25H32F4N4O3/c1-17-30-15-20(36-17)14-22(34)31-19-4-8-24(26,9-5-19)10-13-33-11-6-18-2-3-23(32-21(18)7-12-33)35-16-25(27,28)29/h2-3,15,19H,4-14,16H2,1H3,(H,31,34). The lowest BCUT2D eigenvalue weighted by Crippen LogP contribution is -2.43. The Hall–Kier alpha value is -2.69. The SMILES string of the molecule is Cc1ncc(CC(=O)NC2CCC(F)(CCN3CCc4ccc(OCC(F)(F)F)nc4CC3)CC2)o1. The molecule has 2 aliphatic rings. The number of carbonyl (C=O) groups is 1. The second kappa shape index (κ2) is 11.1. The number of halogens is 4. The average molecular weight is 513 g/mol. The zero-order valence-electron chi connectivity index (χ0n) is 20.4. The summed E-state index contributed by atoms with van der Waals surface area (Å²) in [6.45, 7) is 2.36. The summed E-state index contributed by atoms with van der Waals surface area (Å²) in [6, 6.07) is 3.20. The maximum absolute atomic E-state index is 15.5. The number of alkyl halides is 4. The highest BCUT2D eigenvalue weighted by Gasteiger charge is 2.36. The first-order valence-corrected chi connectivity index (χ1v) is 12.4. The second-order valence-corrected chi connectivity index (χ2v) is 9.77. The Bertz CT molecular complexity index is 1030. The summed E-state index contributed by atoms with van der Waals surface area (Å²) in [5.41, 5.74) is 0.465. The van der Waals surface area contributed by atoms with Gasteiger partial charge in [-0.3, -0.25) is 4.79 Å². The van der Waals surface area contributed by atoms with E-state index in [1.54, 1.807) is 19.2 Å². The average Bonchev–Trinajstić information content (AvgIpc) is 3.11. The Morgan fingerprint density at radius 3 is 2.69 bits per heavy atom. The van der Waals surface area contributed by atoms with Gasteiger partial charge in [0.15, 0.2) is 12.5 Å². The Morgan fingerprint density at radius 1 is 1.25 bits per heavy atom. The molecule has 1 aliphatic carbocycles. The van der Waals surface area contributed by atoms with Crippen LogP contribution in [0, 0.1) is 6.92 Å². The van der Waals surface area contributed by atoms with Crippen LogP contribution in [-0.2, 0) is 24.1 Å². The molecule has 3 heterocycles. The number of aryl methyl sites for hydroxylation is 1. The molecular formula is C25H32F4N4O3. The Labute approximate surface area is 207 Å². The van der Waals surface area contributed by atoms with Crippen LogP contribution in [0.25, 0.3) is 0 Å². The molecule has 0 unspecified atom stereocenters. The van der Waals surface area contributed by atoms with Crippen LogP contribution in [0.2, 0.25) is 0 Å². The van der Waals surface area contributed by atoms with Crippen molar-refractivity contribution in [3.63, 3.8) is 0 Å². The number of fused-ring (bicyclic) bond motifs is 1. The van der Waals surface area contributed by atoms with Crippen molar-refractivity contribution in [1.29, 1.82) is 0 Å². The molecule has 0 atom stereocenters. The second-order valence-electron chi connectivity index (χ2n) is 9.77. The molecule has 0 spiro atoms. The summed E-state index contributed by atoms with van der Waals surface area (Å²) in [6.07, 6.45) is 0.937. The first-order chi connectivity index (χ1) is 17.1. The molecule has 2 aromatic rings. The lowest BCUT2D eigenvalue weighted by molar-refractivity contribution is -0.154. The molecule has 11 heteroatoms. The van der Waals surface area contributed by atoms with Crippen molar-refractivity contribution in [2.75, 3.05) is 26.2 Å². The zero-order chi connectivity index (χ0) is 25.8. The van der Waals surface area contributed by atoms with Crippen molar-refractivity contribution in [3.05, 3.63) is 41.2 Å². The number of hydrogen-bond acceptors (Lipinski definition) is 6. The Morgan fingerprint density at radius 2 is 2.00 bits per heavy atom. The van der Waals surface area contributed by atoms with E-state index in [0.717, 1.165) is 17.8 Å². The number of ether oxygens (including phenoxy) is 1. The van der Waals surface area contributed by atoms with E-state index >= 15 is 4.39 Å². The van der Waals surface area contributed by atoms with Crippen molar-refractivity contribution < 1.29 is 31.5 Å². The van der Waals surface area contributed by atoms with E-state index in [1.165, 1.54) is 6.07 Å². The van der Waals surface area contributed by atoms with Gasteiger partial charge in [-0.2, -0.15) is 13.2 Å². The minimum atomic E-state index is -4.41. The van der Waals surface area contributed by atoms with Crippen molar-refractivity contribution in [1.82, 2.24) is 20.2 Å². The minimum Gasteiger partial charge on any atom is -0.468 e. The highest BCUT2D eigenvalue weighted by atomic mass is 19.4. The summed E-state index contributed by atoms with van der Waals surface area (Å²) in [5.74, 6) is 0.858. The van der Waals surface area contributed by atoms with Crippen molar-refractivity contribution >= 4 is 5.91 Å². The zero-order valence-corrected chi connectivity index (χ0v) is 20.4. The largest absolute Gasteiger partial charge is 0.468 e. The fourth-order valence-electron chi connectivity index (χ4n) is 4.88. The lowest BCUT2D eigenvalue weighted by Gasteiger charge is -2.35. The van der Waals surface area contributed by atoms with Crippen molar-refractivity contribution in [2.24, 2.45) is 0 Å². The van der Waals surface area contributed by atoms with Crippen LogP contribution in [0.5, 0.6) is 5.88 Å². The fourth-order valence-corrected chi connectivity index (χ4v) is 4.88. The summed E-state index contributed by atoms with van der Waals surface area (Å²) >= 11 is 0. The van der Waals surface area contributed by atoms with Crippen LogP contribution >= 0.6 is 0 Å². The predicted octanol–water partition coefficient (Wildman–Crippen LogP) is 4.12. The number of nitrogens with zero attached hydrogens (tertiary/aromatic N) is 3. The third-order valence-corrected chi connectivity index (χ3v) is 6.92. The molecule has 1 saturated carbocycles. The maximum atomic E-state index is 15.5. The van der Waals surface area contributed by atoms with Gasteiger partial charge in [-0.1, -0.05) is 6.07 Å². The van der Waals surface area contributed by atoms with E-state index in [9.17, 15) is 18.0 Å². The van der Waals surface area contributed by atoms with Gasteiger partial charge in [0.1, 0.15) is 11.4 Å². The number of nitrogens with one attached hydrogen (secondary N) is 1. The van der Waals surface area contributed by atoms with Crippen LogP contribution in [0.4, 0.5) is 17.6 Å². The maximum Gasteiger partial charge on any atom is 0.422 e. The van der Waals surface area contributed by atoms with E-state index < -0.39 is 18.5 Å². The first-order valence-electron chi connectivity index (χ1n) is 12.4. The molecule has 4 rings (SSSR count). The summed E-state index contributed by atoms with van der Waals surface area (Å²) in [4.78, 5) is 22.7. The van der Waals surface area contributed by atoms with Crippen LogP contribution in [-0.4, -0.2) is 64.9 Å². The number of hydrogen-bond donors (Lipinski definition) is 1. The van der Waals surface area contributed by atoms with E-state index in [2.05, 4.69) is 20.2 Å². The molecular weight excluding hydrogens is 480 g/mol. The number of oxazole rings is 1. The number of rotatable bonds is 8. The molecule has 1 fully saturated rings. The third kappa shape index (κ3) is 7.65. The molecule has 198 valence electrons. The smallest absolute Gasteiger partial charge is 0.422 e. The van der Waals surface area contributed by atoms with Gasteiger partial charge >= 0.3 is 6.18 Å². The van der Waals surface area contributed by atoms with Crippen LogP contribution < -0.4 is 10.1 Å². The minimum absolute atomic E-state index is 0.0259. The summed E-state index contributed by atoms with van der Waals surface area (Å²) in [7, 11) is 0. The van der Waals surface area contributed by atoms with E-state index in [1.807, 2.05) is 0 Å². The molecule has 1 aliphatic heterocycles. The van der Waals surface area contributed by atoms with Crippen LogP contribution in [0.3, 0.4) is 0 Å². The molecule has 36 heavy (non-hydrogen) atoms. The lowest BCUT2D eigenvalue weighted by atomic mass is 9.81. The van der Waals surface area contributed by atoms with Crippen LogP contribution in [0.1, 0.15) is 55.0 Å². The monoisotopic (exact) mass is 512 g/mol. The van der Waals surface area contributed by atoms with Gasteiger partial charge in [-0.05, 0) is 44.1 Å².